The van der Waals surface area contributed by atoms with E-state index in [1.54, 1.807) is 36.4 Å². The molecule has 4 rings (SSSR count). The number of aromatic nitrogens is 1. The standard InChI is InChI=1S/C21H12Cl2N4O4S/c22-12-9-15(23)18-16(10-12)25-20(31-18)11-4-3-5-13(8-11)24-21(32)26-19(28)14-6-1-2-7-17(14)27(29)30/h1-10H,(H2,24,26,28,32). The molecule has 0 aliphatic carbocycles. The maximum Gasteiger partial charge on any atom is 0.282 e. The average Bonchev–Trinajstić information content (AvgIpc) is 3.18. The van der Waals surface area contributed by atoms with Gasteiger partial charge in [0.25, 0.3) is 11.6 Å². The van der Waals surface area contributed by atoms with E-state index in [1.165, 1.54) is 24.3 Å². The Morgan fingerprint density at radius 1 is 1.09 bits per heavy atom. The van der Waals surface area contributed by atoms with Crippen molar-refractivity contribution in [2.24, 2.45) is 0 Å². The van der Waals surface area contributed by atoms with Crippen molar-refractivity contribution < 1.29 is 14.1 Å². The van der Waals surface area contributed by atoms with Crippen LogP contribution in [0.15, 0.2) is 65.1 Å². The molecule has 0 saturated heterocycles. The van der Waals surface area contributed by atoms with Crippen LogP contribution in [0.5, 0.6) is 0 Å². The molecule has 32 heavy (non-hydrogen) atoms. The molecule has 2 N–H and O–H groups in total. The highest BCUT2D eigenvalue weighted by Crippen LogP contribution is 2.32. The van der Waals surface area contributed by atoms with Crippen LogP contribution >= 0.6 is 35.4 Å². The zero-order valence-electron chi connectivity index (χ0n) is 16.0. The maximum absolute atomic E-state index is 12.4. The molecule has 0 saturated carbocycles. The van der Waals surface area contributed by atoms with Crippen molar-refractivity contribution in [3.05, 3.63) is 86.4 Å². The molecule has 0 aliphatic heterocycles. The summed E-state index contributed by atoms with van der Waals surface area (Å²) in [5.74, 6) is -0.376. The van der Waals surface area contributed by atoms with Gasteiger partial charge >= 0.3 is 0 Å². The summed E-state index contributed by atoms with van der Waals surface area (Å²) in [6, 6.07) is 15.8. The van der Waals surface area contributed by atoms with Crippen LogP contribution in [-0.4, -0.2) is 20.9 Å². The predicted octanol–water partition coefficient (Wildman–Crippen LogP) is 5.84. The van der Waals surface area contributed by atoms with Gasteiger partial charge in [-0.05, 0) is 48.6 Å². The number of fused-ring (bicyclic) bond motifs is 1. The van der Waals surface area contributed by atoms with Gasteiger partial charge in [0.05, 0.1) is 9.95 Å². The van der Waals surface area contributed by atoms with E-state index >= 15 is 0 Å². The molecule has 11 heteroatoms. The number of carbonyl (C=O) groups is 1. The number of benzene rings is 3. The molecule has 4 aromatic rings. The molecule has 0 unspecified atom stereocenters. The first-order valence-corrected chi connectivity index (χ1v) is 10.2. The van der Waals surface area contributed by atoms with Crippen LogP contribution in [0.3, 0.4) is 0 Å². The van der Waals surface area contributed by atoms with E-state index in [9.17, 15) is 14.9 Å². The number of carbonyl (C=O) groups excluding carboxylic acids is 1. The molecule has 8 nitrogen and oxygen atoms in total. The molecule has 0 aliphatic rings. The number of nitro benzene ring substituents is 1. The first kappa shape index (κ1) is 21.7. The lowest BCUT2D eigenvalue weighted by atomic mass is 10.1. The highest BCUT2D eigenvalue weighted by atomic mass is 35.5. The molecule has 0 spiro atoms. The van der Waals surface area contributed by atoms with Gasteiger partial charge in [0.15, 0.2) is 10.7 Å². The highest BCUT2D eigenvalue weighted by Gasteiger charge is 2.20. The lowest BCUT2D eigenvalue weighted by Gasteiger charge is -2.10. The van der Waals surface area contributed by atoms with Crippen molar-refractivity contribution in [1.82, 2.24) is 10.3 Å². The third-order valence-corrected chi connectivity index (χ3v) is 5.05. The topological polar surface area (TPSA) is 110 Å². The number of anilines is 1. The zero-order chi connectivity index (χ0) is 22.8. The van der Waals surface area contributed by atoms with Gasteiger partial charge in [-0.3, -0.25) is 20.2 Å². The monoisotopic (exact) mass is 486 g/mol. The largest absolute Gasteiger partial charge is 0.435 e. The molecule has 0 atom stereocenters. The van der Waals surface area contributed by atoms with Crippen LogP contribution in [0, 0.1) is 10.1 Å². The number of hydrogen-bond acceptors (Lipinski definition) is 6. The average molecular weight is 487 g/mol. The molecule has 0 fully saturated rings. The lowest BCUT2D eigenvalue weighted by molar-refractivity contribution is -0.385. The van der Waals surface area contributed by atoms with E-state index in [1.807, 2.05) is 0 Å². The Hall–Kier alpha value is -3.53. The van der Waals surface area contributed by atoms with Gasteiger partial charge in [-0.15, -0.1) is 0 Å². The summed E-state index contributed by atoms with van der Waals surface area (Å²) in [5.41, 5.74) is 1.69. The van der Waals surface area contributed by atoms with Crippen molar-refractivity contribution in [2.75, 3.05) is 5.32 Å². The zero-order valence-corrected chi connectivity index (χ0v) is 18.3. The number of thiocarbonyl (C=S) groups is 1. The Morgan fingerprint density at radius 3 is 2.66 bits per heavy atom. The fourth-order valence-corrected chi connectivity index (χ4v) is 3.70. The summed E-state index contributed by atoms with van der Waals surface area (Å²) in [4.78, 5) is 27.3. The summed E-state index contributed by atoms with van der Waals surface area (Å²) in [6.07, 6.45) is 0. The normalized spacial score (nSPS) is 10.7. The smallest absolute Gasteiger partial charge is 0.282 e. The van der Waals surface area contributed by atoms with E-state index in [2.05, 4.69) is 15.6 Å². The summed E-state index contributed by atoms with van der Waals surface area (Å²) < 4.78 is 5.76. The summed E-state index contributed by atoms with van der Waals surface area (Å²) >= 11 is 17.4. The number of nitrogens with zero attached hydrogens (tertiary/aromatic N) is 2. The minimum atomic E-state index is -0.698. The third-order valence-electron chi connectivity index (χ3n) is 4.35. The molecule has 1 heterocycles. The number of nitro groups is 1. The van der Waals surface area contributed by atoms with E-state index in [0.717, 1.165) is 0 Å². The number of hydrogen-bond donors (Lipinski definition) is 2. The number of amides is 1. The Morgan fingerprint density at radius 2 is 1.88 bits per heavy atom. The van der Waals surface area contributed by atoms with Crippen LogP contribution in [-0.2, 0) is 0 Å². The van der Waals surface area contributed by atoms with E-state index in [4.69, 9.17) is 39.8 Å². The molecule has 160 valence electrons. The number of nitrogens with one attached hydrogen (secondary N) is 2. The quantitative estimate of drug-likeness (QED) is 0.212. The van der Waals surface area contributed by atoms with E-state index < -0.39 is 10.8 Å². The van der Waals surface area contributed by atoms with Crippen molar-refractivity contribution in [3.63, 3.8) is 0 Å². The molecule has 3 aromatic carbocycles. The Bertz CT molecular complexity index is 1390. The van der Waals surface area contributed by atoms with Crippen LogP contribution in [0.4, 0.5) is 11.4 Å². The van der Waals surface area contributed by atoms with Crippen LogP contribution in [0.1, 0.15) is 10.4 Å². The minimum Gasteiger partial charge on any atom is -0.435 e. The van der Waals surface area contributed by atoms with Gasteiger partial charge < -0.3 is 9.73 Å². The summed E-state index contributed by atoms with van der Waals surface area (Å²) in [6.45, 7) is 0. The van der Waals surface area contributed by atoms with Crippen molar-refractivity contribution >= 4 is 68.9 Å². The van der Waals surface area contributed by atoms with Gasteiger partial charge in [-0.25, -0.2) is 4.98 Å². The van der Waals surface area contributed by atoms with Crippen LogP contribution in [0.25, 0.3) is 22.6 Å². The summed E-state index contributed by atoms with van der Waals surface area (Å²) in [5, 5.41) is 17.2. The minimum absolute atomic E-state index is 0.0299. The molecule has 1 amide bonds. The molecule has 0 radical (unpaired) electrons. The number of halogens is 2. The van der Waals surface area contributed by atoms with Gasteiger partial charge in [-0.2, -0.15) is 0 Å². The maximum atomic E-state index is 12.4. The predicted molar refractivity (Wildman–Crippen MR) is 126 cm³/mol. The fraction of sp³-hybridized carbons (Fsp3) is 0. The van der Waals surface area contributed by atoms with Crippen molar-refractivity contribution in [2.45, 2.75) is 0 Å². The first-order valence-electron chi connectivity index (χ1n) is 9.03. The number of rotatable bonds is 4. The van der Waals surface area contributed by atoms with Gasteiger partial charge in [0, 0.05) is 22.3 Å². The van der Waals surface area contributed by atoms with Crippen LogP contribution in [0.2, 0.25) is 10.0 Å². The molecular weight excluding hydrogens is 475 g/mol. The molecule has 1 aromatic heterocycles. The lowest BCUT2D eigenvalue weighted by Crippen LogP contribution is -2.34. The third kappa shape index (κ3) is 4.54. The van der Waals surface area contributed by atoms with Gasteiger partial charge in [-0.1, -0.05) is 41.4 Å². The Labute approximate surface area is 196 Å². The first-order chi connectivity index (χ1) is 15.3. The summed E-state index contributed by atoms with van der Waals surface area (Å²) in [7, 11) is 0. The second kappa shape index (κ2) is 8.91. The van der Waals surface area contributed by atoms with Crippen LogP contribution < -0.4 is 10.6 Å². The molecule has 0 bridgehead atoms. The van der Waals surface area contributed by atoms with E-state index in [0.29, 0.717) is 38.3 Å². The Balaban J connectivity index is 1.52. The number of oxazole rings is 1. The Kier molecular flexibility index (Phi) is 6.04. The van der Waals surface area contributed by atoms with Crippen molar-refractivity contribution in [3.8, 4) is 11.5 Å². The fourth-order valence-electron chi connectivity index (χ4n) is 2.97. The van der Waals surface area contributed by atoms with Crippen molar-refractivity contribution in [1.29, 1.82) is 0 Å². The SMILES string of the molecule is O=C(NC(=S)Nc1cccc(-c2nc3cc(Cl)cc(Cl)c3o2)c1)c1ccccc1[N+](=O)[O-]. The van der Waals surface area contributed by atoms with Gasteiger partial charge in [0.1, 0.15) is 11.1 Å². The second-order valence-corrected chi connectivity index (χ2v) is 7.77. The number of para-hydroxylation sites is 1. The highest BCUT2D eigenvalue weighted by molar-refractivity contribution is 7.80. The van der Waals surface area contributed by atoms with E-state index in [-0.39, 0.29) is 16.4 Å². The molecular formula is C21H12Cl2N4O4S. The second-order valence-electron chi connectivity index (χ2n) is 6.52. The van der Waals surface area contributed by atoms with Gasteiger partial charge in [0.2, 0.25) is 5.89 Å².